The van der Waals surface area contributed by atoms with Gasteiger partial charge in [0.05, 0.1) is 10.3 Å². The van der Waals surface area contributed by atoms with Gasteiger partial charge >= 0.3 is 0 Å². The van der Waals surface area contributed by atoms with Crippen LogP contribution >= 0.6 is 15.9 Å². The first kappa shape index (κ1) is 17.9. The van der Waals surface area contributed by atoms with E-state index in [9.17, 15) is 14.9 Å². The predicted octanol–water partition coefficient (Wildman–Crippen LogP) is 5.42. The summed E-state index contributed by atoms with van der Waals surface area (Å²) in [5, 5.41) is 18.4. The van der Waals surface area contributed by atoms with Crippen LogP contribution in [0.5, 0.6) is 0 Å². The average molecular weight is 438 g/mol. The van der Waals surface area contributed by atoms with Crippen LogP contribution < -0.4 is 5.32 Å². The van der Waals surface area contributed by atoms with Gasteiger partial charge in [0.2, 0.25) is 0 Å². The van der Waals surface area contributed by atoms with Crippen molar-refractivity contribution >= 4 is 44.1 Å². The molecule has 0 fully saturated rings. The highest BCUT2D eigenvalue weighted by atomic mass is 79.9. The molecule has 1 aromatic heterocycles. The number of nitro groups is 1. The summed E-state index contributed by atoms with van der Waals surface area (Å²) >= 11 is 3.39. The molecule has 1 heterocycles. The summed E-state index contributed by atoms with van der Waals surface area (Å²) in [6, 6.07) is 18.4. The second-order valence-corrected chi connectivity index (χ2v) is 6.89. The van der Waals surface area contributed by atoms with Crippen LogP contribution in [0.25, 0.3) is 22.2 Å². The number of benzene rings is 3. The monoisotopic (exact) mass is 437 g/mol. The Morgan fingerprint density at radius 2 is 1.82 bits per heavy atom. The number of carbonyl (C=O) groups is 1. The van der Waals surface area contributed by atoms with E-state index in [-0.39, 0.29) is 11.4 Å². The lowest BCUT2D eigenvalue weighted by atomic mass is 10.1. The predicted molar refractivity (Wildman–Crippen MR) is 108 cm³/mol. The first-order valence-corrected chi connectivity index (χ1v) is 9.02. The molecule has 0 spiro atoms. The van der Waals surface area contributed by atoms with Gasteiger partial charge in [0.25, 0.3) is 11.6 Å². The Balaban J connectivity index is 1.70. The van der Waals surface area contributed by atoms with Crippen molar-refractivity contribution in [3.63, 3.8) is 0 Å². The number of para-hydroxylation sites is 2. The van der Waals surface area contributed by atoms with Gasteiger partial charge in [-0.1, -0.05) is 33.2 Å². The van der Waals surface area contributed by atoms with Crippen molar-refractivity contribution in [3.05, 3.63) is 86.9 Å². The van der Waals surface area contributed by atoms with Crippen molar-refractivity contribution in [2.45, 2.75) is 0 Å². The molecule has 0 aliphatic rings. The van der Waals surface area contributed by atoms with Crippen molar-refractivity contribution in [3.8, 4) is 11.3 Å². The molecule has 0 aliphatic heterocycles. The minimum absolute atomic E-state index is 0.135. The fourth-order valence-electron chi connectivity index (χ4n) is 2.83. The first-order chi connectivity index (χ1) is 13.5. The Bertz CT molecular complexity index is 1200. The van der Waals surface area contributed by atoms with Crippen molar-refractivity contribution in [2.75, 3.05) is 5.32 Å². The van der Waals surface area contributed by atoms with Crippen LogP contribution in [0.4, 0.5) is 11.4 Å². The van der Waals surface area contributed by atoms with E-state index < -0.39 is 10.8 Å². The molecule has 3 aromatic carbocycles. The molecule has 1 N–H and O–H groups in total. The molecule has 0 aliphatic carbocycles. The smallest absolute Gasteiger partial charge is 0.292 e. The number of anilines is 1. The molecule has 4 aromatic rings. The van der Waals surface area contributed by atoms with Gasteiger partial charge in [0.1, 0.15) is 11.2 Å². The molecule has 0 saturated heterocycles. The van der Waals surface area contributed by atoms with Gasteiger partial charge in [-0.25, -0.2) is 0 Å². The normalized spacial score (nSPS) is 10.8. The third-order valence-electron chi connectivity index (χ3n) is 4.19. The number of nitrogens with one attached hydrogen (secondary N) is 1. The lowest BCUT2D eigenvalue weighted by molar-refractivity contribution is -0.383. The largest absolute Gasteiger partial charge is 0.355 e. The van der Waals surface area contributed by atoms with Gasteiger partial charge in [0, 0.05) is 21.7 Å². The highest BCUT2D eigenvalue weighted by Gasteiger charge is 2.18. The second kappa shape index (κ2) is 7.24. The summed E-state index contributed by atoms with van der Waals surface area (Å²) in [6.07, 6.45) is 0. The standard InChI is InChI=1S/C20H12BrN3O4/c21-14-8-5-12(6-9-14)19-15-11-13(7-10-16(15)23-28-19)20(25)22-17-3-1-2-4-18(17)24(26)27/h1-11H,(H,22,25). The molecule has 0 atom stereocenters. The van der Waals surface area contributed by atoms with E-state index in [1.165, 1.54) is 12.1 Å². The molecule has 7 nitrogen and oxygen atoms in total. The summed E-state index contributed by atoms with van der Waals surface area (Å²) in [6.45, 7) is 0. The van der Waals surface area contributed by atoms with Crippen molar-refractivity contribution < 1.29 is 14.2 Å². The van der Waals surface area contributed by atoms with Gasteiger partial charge in [-0.2, -0.15) is 0 Å². The Morgan fingerprint density at radius 1 is 1.07 bits per heavy atom. The SMILES string of the molecule is O=C(Nc1ccccc1[N+](=O)[O-])c1ccc2noc(-c3ccc(Br)cc3)c2c1. The molecule has 4 rings (SSSR count). The number of rotatable bonds is 4. The third kappa shape index (κ3) is 3.37. The minimum Gasteiger partial charge on any atom is -0.355 e. The van der Waals surface area contributed by atoms with Gasteiger partial charge in [-0.3, -0.25) is 14.9 Å². The molecule has 8 heteroatoms. The zero-order valence-electron chi connectivity index (χ0n) is 14.3. The van der Waals surface area contributed by atoms with E-state index in [4.69, 9.17) is 4.52 Å². The van der Waals surface area contributed by atoms with Crippen LogP contribution in [0.3, 0.4) is 0 Å². The molecule has 28 heavy (non-hydrogen) atoms. The van der Waals surface area contributed by atoms with Crippen molar-refractivity contribution in [1.29, 1.82) is 0 Å². The summed E-state index contributed by atoms with van der Waals surface area (Å²) in [5.41, 5.74) is 1.74. The maximum Gasteiger partial charge on any atom is 0.292 e. The van der Waals surface area contributed by atoms with Crippen molar-refractivity contribution in [1.82, 2.24) is 5.16 Å². The number of nitro benzene ring substituents is 1. The Labute approximate surface area is 167 Å². The first-order valence-electron chi connectivity index (χ1n) is 8.23. The maximum atomic E-state index is 12.7. The fraction of sp³-hybridized carbons (Fsp3) is 0. The quantitative estimate of drug-likeness (QED) is 0.339. The molecule has 0 saturated carbocycles. The second-order valence-electron chi connectivity index (χ2n) is 5.98. The fourth-order valence-corrected chi connectivity index (χ4v) is 3.09. The molecular formula is C20H12BrN3O4. The van der Waals surface area contributed by atoms with Gasteiger partial charge < -0.3 is 9.84 Å². The minimum atomic E-state index is -0.537. The van der Waals surface area contributed by atoms with E-state index >= 15 is 0 Å². The van der Waals surface area contributed by atoms with Crippen molar-refractivity contribution in [2.24, 2.45) is 0 Å². The Kier molecular flexibility index (Phi) is 4.62. The number of hydrogen-bond acceptors (Lipinski definition) is 5. The molecule has 0 unspecified atom stereocenters. The Hall–Kier alpha value is -3.52. The van der Waals surface area contributed by atoms with E-state index in [0.717, 1.165) is 10.0 Å². The number of amides is 1. The number of hydrogen-bond donors (Lipinski definition) is 1. The van der Waals surface area contributed by atoms with Crippen LogP contribution in [0.1, 0.15) is 10.4 Å². The lowest BCUT2D eigenvalue weighted by Gasteiger charge is -2.06. The van der Waals surface area contributed by atoms with E-state index in [0.29, 0.717) is 22.2 Å². The van der Waals surface area contributed by atoms with Gasteiger partial charge in [-0.15, -0.1) is 0 Å². The summed E-state index contributed by atoms with van der Waals surface area (Å²) < 4.78 is 6.39. The zero-order chi connectivity index (χ0) is 19.7. The lowest BCUT2D eigenvalue weighted by Crippen LogP contribution is -2.13. The average Bonchev–Trinajstić information content (AvgIpc) is 3.12. The van der Waals surface area contributed by atoms with Crippen LogP contribution in [0.15, 0.2) is 75.7 Å². The topological polar surface area (TPSA) is 98.3 Å². The zero-order valence-corrected chi connectivity index (χ0v) is 15.8. The highest BCUT2D eigenvalue weighted by molar-refractivity contribution is 9.10. The van der Waals surface area contributed by atoms with Crippen LogP contribution in [0, 0.1) is 10.1 Å². The molecule has 138 valence electrons. The molecule has 0 radical (unpaired) electrons. The van der Waals surface area contributed by atoms with Crippen LogP contribution in [0.2, 0.25) is 0 Å². The molecule has 0 bridgehead atoms. The Morgan fingerprint density at radius 3 is 2.57 bits per heavy atom. The van der Waals surface area contributed by atoms with Crippen LogP contribution in [-0.2, 0) is 0 Å². The summed E-state index contributed by atoms with van der Waals surface area (Å²) in [7, 11) is 0. The third-order valence-corrected chi connectivity index (χ3v) is 4.72. The summed E-state index contributed by atoms with van der Waals surface area (Å²) in [5.74, 6) is 0.0852. The van der Waals surface area contributed by atoms with E-state index in [1.54, 1.807) is 30.3 Å². The number of halogens is 1. The van der Waals surface area contributed by atoms with Crippen LogP contribution in [-0.4, -0.2) is 16.0 Å². The molecular weight excluding hydrogens is 426 g/mol. The highest BCUT2D eigenvalue weighted by Crippen LogP contribution is 2.31. The van der Waals surface area contributed by atoms with Gasteiger partial charge in [0.15, 0.2) is 5.76 Å². The number of aromatic nitrogens is 1. The van der Waals surface area contributed by atoms with E-state index in [2.05, 4.69) is 26.4 Å². The summed E-state index contributed by atoms with van der Waals surface area (Å²) in [4.78, 5) is 23.3. The molecule has 1 amide bonds. The maximum absolute atomic E-state index is 12.7. The number of fused-ring (bicyclic) bond motifs is 1. The number of carbonyl (C=O) groups excluding carboxylic acids is 1. The van der Waals surface area contributed by atoms with E-state index in [1.807, 2.05) is 24.3 Å². The van der Waals surface area contributed by atoms with Gasteiger partial charge in [-0.05, 0) is 48.5 Å². The number of nitrogens with zero attached hydrogens (tertiary/aromatic N) is 2.